The van der Waals surface area contributed by atoms with Crippen LogP contribution in [-0.4, -0.2) is 31.6 Å². The number of likely N-dealkylation sites (N-methyl/N-ethyl adjacent to an activating group) is 1. The molecule has 5 heteroatoms. The van der Waals surface area contributed by atoms with Crippen molar-refractivity contribution in [2.45, 2.75) is 25.9 Å². The van der Waals surface area contributed by atoms with Crippen LogP contribution in [0.4, 0.5) is 5.69 Å². The van der Waals surface area contributed by atoms with Gasteiger partial charge >= 0.3 is 0 Å². The minimum atomic E-state index is 0.0839. The molecule has 0 amide bonds. The van der Waals surface area contributed by atoms with Crippen LogP contribution >= 0.6 is 15.9 Å². The van der Waals surface area contributed by atoms with Crippen LogP contribution in [0.3, 0.4) is 0 Å². The minimum Gasteiger partial charge on any atom is -0.384 e. The summed E-state index contributed by atoms with van der Waals surface area (Å²) >= 11 is 3.48. The van der Waals surface area contributed by atoms with Gasteiger partial charge in [0.15, 0.2) is 0 Å². The van der Waals surface area contributed by atoms with Crippen LogP contribution in [-0.2, 0) is 4.74 Å². The Morgan fingerprint density at radius 1 is 1.58 bits per heavy atom. The van der Waals surface area contributed by atoms with Gasteiger partial charge in [-0.05, 0) is 53.9 Å². The summed E-state index contributed by atoms with van der Waals surface area (Å²) < 4.78 is 6.56. The molecule has 3 N–H and O–H groups in total. The van der Waals surface area contributed by atoms with Crippen LogP contribution in [0.5, 0.6) is 0 Å². The third kappa shape index (κ3) is 3.48. The lowest BCUT2D eigenvalue weighted by Gasteiger charge is -2.26. The first-order chi connectivity index (χ1) is 9.11. The number of nitrogens with two attached hydrogens (primary N) is 1. The SMILES string of the molecule is CCN(CC1CCCO1)c1ccc(C(=N)N)c(Br)c1. The Kier molecular flexibility index (Phi) is 4.82. The molecule has 1 aliphatic rings. The van der Waals surface area contributed by atoms with Crippen LogP contribution in [0.1, 0.15) is 25.3 Å². The third-order valence-corrected chi connectivity index (χ3v) is 4.09. The number of hydrogen-bond acceptors (Lipinski definition) is 3. The Bertz CT molecular complexity index is 458. The van der Waals surface area contributed by atoms with Gasteiger partial charge in [-0.1, -0.05) is 0 Å². The standard InChI is InChI=1S/C14H20BrN3O/c1-2-18(9-11-4-3-7-19-11)10-5-6-12(14(16)17)13(15)8-10/h5-6,8,11H,2-4,7,9H2,1H3,(H3,16,17). The topological polar surface area (TPSA) is 62.3 Å². The molecule has 1 aliphatic heterocycles. The highest BCUT2D eigenvalue weighted by molar-refractivity contribution is 9.10. The summed E-state index contributed by atoms with van der Waals surface area (Å²) in [4.78, 5) is 2.30. The summed E-state index contributed by atoms with van der Waals surface area (Å²) in [5.74, 6) is 0.0839. The van der Waals surface area contributed by atoms with Crippen molar-refractivity contribution in [2.24, 2.45) is 5.73 Å². The largest absolute Gasteiger partial charge is 0.384 e. The Labute approximate surface area is 122 Å². The van der Waals surface area contributed by atoms with Crippen LogP contribution in [0.2, 0.25) is 0 Å². The zero-order chi connectivity index (χ0) is 13.8. The molecule has 1 saturated heterocycles. The number of ether oxygens (including phenoxy) is 1. The molecule has 1 atom stereocenters. The second-order valence-corrected chi connectivity index (χ2v) is 5.61. The van der Waals surface area contributed by atoms with Crippen molar-refractivity contribution in [2.75, 3.05) is 24.6 Å². The van der Waals surface area contributed by atoms with Crippen LogP contribution in [0.25, 0.3) is 0 Å². The Hall–Kier alpha value is -1.07. The molecule has 2 rings (SSSR count). The van der Waals surface area contributed by atoms with Gasteiger partial charge in [0.05, 0.1) is 6.10 Å². The van der Waals surface area contributed by atoms with E-state index in [-0.39, 0.29) is 5.84 Å². The van der Waals surface area contributed by atoms with Crippen molar-refractivity contribution in [3.63, 3.8) is 0 Å². The van der Waals surface area contributed by atoms with Gasteiger partial charge in [0.2, 0.25) is 0 Å². The van der Waals surface area contributed by atoms with E-state index in [1.807, 2.05) is 18.2 Å². The third-order valence-electron chi connectivity index (χ3n) is 3.44. The average Bonchev–Trinajstić information content (AvgIpc) is 2.88. The number of nitrogens with one attached hydrogen (secondary N) is 1. The highest BCUT2D eigenvalue weighted by Gasteiger charge is 2.19. The molecule has 1 fully saturated rings. The first-order valence-corrected chi connectivity index (χ1v) is 7.41. The first-order valence-electron chi connectivity index (χ1n) is 6.62. The zero-order valence-corrected chi connectivity index (χ0v) is 12.7. The molecule has 19 heavy (non-hydrogen) atoms. The fourth-order valence-corrected chi connectivity index (χ4v) is 2.95. The number of benzene rings is 1. The predicted molar refractivity (Wildman–Crippen MR) is 82.0 cm³/mol. The summed E-state index contributed by atoms with van der Waals surface area (Å²) in [6, 6.07) is 5.93. The van der Waals surface area contributed by atoms with E-state index in [2.05, 4.69) is 27.8 Å². The van der Waals surface area contributed by atoms with Crippen LogP contribution in [0.15, 0.2) is 22.7 Å². The van der Waals surface area contributed by atoms with Crippen molar-refractivity contribution < 1.29 is 4.74 Å². The molecule has 0 spiro atoms. The molecule has 1 aromatic rings. The molecule has 4 nitrogen and oxygen atoms in total. The molecule has 1 heterocycles. The van der Waals surface area contributed by atoms with Crippen molar-refractivity contribution in [1.29, 1.82) is 5.41 Å². The Balaban J connectivity index is 2.13. The number of nitrogens with zero attached hydrogens (tertiary/aromatic N) is 1. The van der Waals surface area contributed by atoms with Gasteiger partial charge in [-0.3, -0.25) is 5.41 Å². The fourth-order valence-electron chi connectivity index (χ4n) is 2.37. The quantitative estimate of drug-likeness (QED) is 0.646. The number of amidine groups is 1. The van der Waals surface area contributed by atoms with Gasteiger partial charge in [-0.2, -0.15) is 0 Å². The normalized spacial score (nSPS) is 18.5. The van der Waals surface area contributed by atoms with E-state index in [9.17, 15) is 0 Å². The smallest absolute Gasteiger partial charge is 0.123 e. The van der Waals surface area contributed by atoms with Crippen molar-refractivity contribution >= 4 is 27.5 Å². The summed E-state index contributed by atoms with van der Waals surface area (Å²) in [5.41, 5.74) is 7.39. The molecular weight excluding hydrogens is 306 g/mol. The van der Waals surface area contributed by atoms with Gasteiger partial charge in [-0.25, -0.2) is 0 Å². The second-order valence-electron chi connectivity index (χ2n) is 4.75. The van der Waals surface area contributed by atoms with Crippen LogP contribution in [0, 0.1) is 5.41 Å². The highest BCUT2D eigenvalue weighted by Crippen LogP contribution is 2.25. The van der Waals surface area contributed by atoms with E-state index in [4.69, 9.17) is 15.9 Å². The lowest BCUT2D eigenvalue weighted by Crippen LogP contribution is -2.32. The van der Waals surface area contributed by atoms with Crippen molar-refractivity contribution in [1.82, 2.24) is 0 Å². The highest BCUT2D eigenvalue weighted by atomic mass is 79.9. The number of nitrogen functional groups attached to an aromatic ring is 1. The molecular formula is C14H20BrN3O. The number of halogens is 1. The van der Waals surface area contributed by atoms with Gasteiger partial charge < -0.3 is 15.4 Å². The summed E-state index contributed by atoms with van der Waals surface area (Å²) in [6.07, 6.45) is 2.64. The Morgan fingerprint density at radius 2 is 2.37 bits per heavy atom. The van der Waals surface area contributed by atoms with Crippen molar-refractivity contribution in [3.05, 3.63) is 28.2 Å². The number of hydrogen-bond donors (Lipinski definition) is 2. The van der Waals surface area contributed by atoms with E-state index in [0.29, 0.717) is 6.10 Å². The minimum absolute atomic E-state index is 0.0839. The summed E-state index contributed by atoms with van der Waals surface area (Å²) in [5, 5.41) is 7.49. The zero-order valence-electron chi connectivity index (χ0n) is 11.2. The van der Waals surface area contributed by atoms with Gasteiger partial charge in [0.1, 0.15) is 5.84 Å². The molecule has 0 aliphatic carbocycles. The Morgan fingerprint density at radius 3 is 2.89 bits per heavy atom. The van der Waals surface area contributed by atoms with E-state index in [1.54, 1.807) is 0 Å². The molecule has 0 radical (unpaired) electrons. The summed E-state index contributed by atoms with van der Waals surface area (Å²) in [7, 11) is 0. The summed E-state index contributed by atoms with van der Waals surface area (Å²) in [6.45, 7) is 4.88. The predicted octanol–water partition coefficient (Wildman–Crippen LogP) is 2.74. The second kappa shape index (κ2) is 6.39. The van der Waals surface area contributed by atoms with E-state index in [1.165, 1.54) is 0 Å². The van der Waals surface area contributed by atoms with E-state index < -0.39 is 0 Å². The first kappa shape index (κ1) is 14.3. The number of rotatable bonds is 5. The number of anilines is 1. The lowest BCUT2D eigenvalue weighted by molar-refractivity contribution is 0.115. The molecule has 1 unspecified atom stereocenters. The van der Waals surface area contributed by atoms with E-state index >= 15 is 0 Å². The van der Waals surface area contributed by atoms with Gasteiger partial charge in [0, 0.05) is 35.4 Å². The maximum atomic E-state index is 7.49. The van der Waals surface area contributed by atoms with Gasteiger partial charge in [0.25, 0.3) is 0 Å². The molecule has 0 aromatic heterocycles. The lowest BCUT2D eigenvalue weighted by atomic mass is 10.1. The molecule has 1 aromatic carbocycles. The molecule has 0 saturated carbocycles. The maximum Gasteiger partial charge on any atom is 0.123 e. The van der Waals surface area contributed by atoms with Gasteiger partial charge in [-0.15, -0.1) is 0 Å². The molecule has 0 bridgehead atoms. The maximum absolute atomic E-state index is 7.49. The van der Waals surface area contributed by atoms with Crippen molar-refractivity contribution in [3.8, 4) is 0 Å². The molecule has 104 valence electrons. The van der Waals surface area contributed by atoms with E-state index in [0.717, 1.165) is 48.3 Å². The monoisotopic (exact) mass is 325 g/mol. The average molecular weight is 326 g/mol. The fraction of sp³-hybridized carbons (Fsp3) is 0.500. The van der Waals surface area contributed by atoms with Crippen LogP contribution < -0.4 is 10.6 Å².